The van der Waals surface area contributed by atoms with Crippen LogP contribution < -0.4 is 5.73 Å². The number of hydrogen-bond acceptors (Lipinski definition) is 3. The van der Waals surface area contributed by atoms with Gasteiger partial charge in [-0.3, -0.25) is 0 Å². The van der Waals surface area contributed by atoms with Gasteiger partial charge >= 0.3 is 0 Å². The van der Waals surface area contributed by atoms with Gasteiger partial charge in [-0.05, 0) is 18.8 Å². The third-order valence-corrected chi connectivity index (χ3v) is 3.35. The lowest BCUT2D eigenvalue weighted by Gasteiger charge is -2.24. The maximum atomic E-state index is 5.71. The topological polar surface area (TPSA) is 52.0 Å². The summed E-state index contributed by atoms with van der Waals surface area (Å²) in [6.45, 7) is 2.94. The van der Waals surface area contributed by atoms with E-state index >= 15 is 0 Å². The second-order valence-corrected chi connectivity index (χ2v) is 4.65. The van der Waals surface area contributed by atoms with Crippen molar-refractivity contribution in [3.05, 3.63) is 17.8 Å². The number of rotatable bonds is 3. The number of aromatic nitrogens is 1. The summed E-state index contributed by atoms with van der Waals surface area (Å²) in [7, 11) is 0. The van der Waals surface area contributed by atoms with Crippen LogP contribution in [0.3, 0.4) is 0 Å². The second kappa shape index (κ2) is 4.79. The minimum absolute atomic E-state index is 0.597. The van der Waals surface area contributed by atoms with Crippen LogP contribution >= 0.6 is 0 Å². The molecule has 2 N–H and O–H groups in total. The van der Waals surface area contributed by atoms with Crippen LogP contribution in [0.15, 0.2) is 10.6 Å². The summed E-state index contributed by atoms with van der Waals surface area (Å²) in [6.07, 6.45) is 7.78. The predicted octanol–water partition coefficient (Wildman–Crippen LogP) is 2.47. The highest BCUT2D eigenvalue weighted by molar-refractivity contribution is 5.03. The van der Waals surface area contributed by atoms with Crippen molar-refractivity contribution in [3.8, 4) is 0 Å². The zero-order valence-electron chi connectivity index (χ0n) is 9.41. The first kappa shape index (κ1) is 10.7. The highest BCUT2D eigenvalue weighted by Gasteiger charge is 2.22. The quantitative estimate of drug-likeness (QED) is 0.830. The Bertz CT molecular complexity index is 300. The molecule has 1 aliphatic rings. The van der Waals surface area contributed by atoms with Crippen LogP contribution in [-0.2, 0) is 6.42 Å². The lowest BCUT2D eigenvalue weighted by atomic mass is 9.82. The summed E-state index contributed by atoms with van der Waals surface area (Å²) in [5, 5.41) is 0. The molecule has 3 heteroatoms. The first-order valence-corrected chi connectivity index (χ1v) is 5.94. The highest BCUT2D eigenvalue weighted by Crippen LogP contribution is 2.35. The number of nitrogens with two attached hydrogens (primary N) is 1. The van der Waals surface area contributed by atoms with E-state index in [-0.39, 0.29) is 0 Å². The lowest BCUT2D eigenvalue weighted by Crippen LogP contribution is -2.10. The molecule has 1 fully saturated rings. The fraction of sp³-hybridized carbons (Fsp3) is 0.750. The molecule has 0 spiro atoms. The Labute approximate surface area is 91.1 Å². The smallest absolute Gasteiger partial charge is 0.195 e. The van der Waals surface area contributed by atoms with Crippen LogP contribution in [0.25, 0.3) is 0 Å². The molecular formula is C12H20N2O. The fourth-order valence-electron chi connectivity index (χ4n) is 2.30. The summed E-state index contributed by atoms with van der Waals surface area (Å²) in [5.41, 5.74) is 5.47. The summed E-state index contributed by atoms with van der Waals surface area (Å²) < 4.78 is 5.71. The molecule has 1 heterocycles. The maximum absolute atomic E-state index is 5.71. The van der Waals surface area contributed by atoms with Gasteiger partial charge in [-0.2, -0.15) is 0 Å². The molecule has 15 heavy (non-hydrogen) atoms. The largest absolute Gasteiger partial charge is 0.445 e. The Morgan fingerprint density at radius 1 is 1.40 bits per heavy atom. The summed E-state index contributed by atoms with van der Waals surface area (Å²) in [4.78, 5) is 4.25. The molecule has 0 unspecified atom stereocenters. The SMILES string of the molecule is CC1CCC(c2cnc(CCN)o2)CC1. The van der Waals surface area contributed by atoms with Gasteiger partial charge < -0.3 is 10.2 Å². The Morgan fingerprint density at radius 2 is 2.13 bits per heavy atom. The van der Waals surface area contributed by atoms with Gasteiger partial charge in [0.1, 0.15) is 5.76 Å². The zero-order valence-corrected chi connectivity index (χ0v) is 9.41. The minimum atomic E-state index is 0.597. The zero-order chi connectivity index (χ0) is 10.7. The first-order chi connectivity index (χ1) is 7.29. The molecule has 2 rings (SSSR count). The molecule has 0 aromatic carbocycles. The molecule has 1 aromatic heterocycles. The molecule has 3 nitrogen and oxygen atoms in total. The Kier molecular flexibility index (Phi) is 3.41. The van der Waals surface area contributed by atoms with Crippen molar-refractivity contribution < 1.29 is 4.42 Å². The number of oxazole rings is 1. The van der Waals surface area contributed by atoms with Crippen molar-refractivity contribution in [2.24, 2.45) is 11.7 Å². The molecule has 0 radical (unpaired) electrons. The van der Waals surface area contributed by atoms with E-state index in [0.717, 1.165) is 24.0 Å². The molecule has 0 aliphatic heterocycles. The van der Waals surface area contributed by atoms with Gasteiger partial charge in [-0.15, -0.1) is 0 Å². The molecule has 0 bridgehead atoms. The van der Waals surface area contributed by atoms with Crippen molar-refractivity contribution in [1.29, 1.82) is 0 Å². The van der Waals surface area contributed by atoms with Crippen LogP contribution in [-0.4, -0.2) is 11.5 Å². The lowest BCUT2D eigenvalue weighted by molar-refractivity contribution is 0.308. The molecule has 84 valence electrons. The van der Waals surface area contributed by atoms with E-state index in [1.807, 2.05) is 6.20 Å². The van der Waals surface area contributed by atoms with E-state index < -0.39 is 0 Å². The van der Waals surface area contributed by atoms with E-state index in [0.29, 0.717) is 12.5 Å². The van der Waals surface area contributed by atoms with E-state index in [2.05, 4.69) is 11.9 Å². The van der Waals surface area contributed by atoms with Crippen molar-refractivity contribution in [1.82, 2.24) is 4.98 Å². The first-order valence-electron chi connectivity index (χ1n) is 5.94. The Morgan fingerprint density at radius 3 is 2.80 bits per heavy atom. The maximum Gasteiger partial charge on any atom is 0.195 e. The van der Waals surface area contributed by atoms with E-state index in [1.54, 1.807) is 0 Å². The Hall–Kier alpha value is -0.830. The van der Waals surface area contributed by atoms with Crippen molar-refractivity contribution in [2.45, 2.75) is 44.9 Å². The van der Waals surface area contributed by atoms with Crippen LogP contribution in [0.1, 0.15) is 50.2 Å². The second-order valence-electron chi connectivity index (χ2n) is 4.65. The molecule has 1 aromatic rings. The Balaban J connectivity index is 1.96. The summed E-state index contributed by atoms with van der Waals surface area (Å²) >= 11 is 0. The highest BCUT2D eigenvalue weighted by atomic mass is 16.4. The van der Waals surface area contributed by atoms with Crippen molar-refractivity contribution in [3.63, 3.8) is 0 Å². The average molecular weight is 208 g/mol. The minimum Gasteiger partial charge on any atom is -0.445 e. The van der Waals surface area contributed by atoms with E-state index in [4.69, 9.17) is 10.2 Å². The standard InChI is InChI=1S/C12H20N2O/c1-9-2-4-10(5-3-9)11-8-14-12(15-11)6-7-13/h8-10H,2-7,13H2,1H3. The van der Waals surface area contributed by atoms with Crippen LogP contribution in [0.4, 0.5) is 0 Å². The van der Waals surface area contributed by atoms with Crippen molar-refractivity contribution >= 4 is 0 Å². The number of nitrogens with zero attached hydrogens (tertiary/aromatic N) is 1. The van der Waals surface area contributed by atoms with Gasteiger partial charge in [0.15, 0.2) is 5.89 Å². The van der Waals surface area contributed by atoms with Gasteiger partial charge in [0.05, 0.1) is 6.20 Å². The molecule has 0 saturated heterocycles. The van der Waals surface area contributed by atoms with Gasteiger partial charge in [-0.1, -0.05) is 19.8 Å². The third-order valence-electron chi connectivity index (χ3n) is 3.35. The van der Waals surface area contributed by atoms with Gasteiger partial charge in [0.25, 0.3) is 0 Å². The van der Waals surface area contributed by atoms with Crippen LogP contribution in [0, 0.1) is 5.92 Å². The van der Waals surface area contributed by atoms with E-state index in [9.17, 15) is 0 Å². The average Bonchev–Trinajstić information content (AvgIpc) is 2.68. The van der Waals surface area contributed by atoms with Gasteiger partial charge in [0, 0.05) is 18.9 Å². The molecule has 1 aliphatic carbocycles. The monoisotopic (exact) mass is 208 g/mol. The number of hydrogen-bond donors (Lipinski definition) is 1. The predicted molar refractivity (Wildman–Crippen MR) is 59.6 cm³/mol. The fourth-order valence-corrected chi connectivity index (χ4v) is 2.30. The molecule has 0 amide bonds. The van der Waals surface area contributed by atoms with E-state index in [1.165, 1.54) is 25.7 Å². The van der Waals surface area contributed by atoms with Crippen molar-refractivity contribution in [2.75, 3.05) is 6.54 Å². The van der Waals surface area contributed by atoms with Gasteiger partial charge in [-0.25, -0.2) is 4.98 Å². The molecule has 0 atom stereocenters. The summed E-state index contributed by atoms with van der Waals surface area (Å²) in [5.74, 6) is 3.35. The van der Waals surface area contributed by atoms with Gasteiger partial charge in [0.2, 0.25) is 0 Å². The normalized spacial score (nSPS) is 26.8. The van der Waals surface area contributed by atoms with Crippen LogP contribution in [0.5, 0.6) is 0 Å². The molecule has 1 saturated carbocycles. The summed E-state index contributed by atoms with van der Waals surface area (Å²) in [6, 6.07) is 0. The third kappa shape index (κ3) is 2.59. The van der Waals surface area contributed by atoms with Crippen LogP contribution in [0.2, 0.25) is 0 Å². The molecular weight excluding hydrogens is 188 g/mol.